The smallest absolute Gasteiger partial charge is 0.244 e. The normalized spacial score (nSPS) is 11.9. The molecule has 0 unspecified atom stereocenters. The van der Waals surface area contributed by atoms with Gasteiger partial charge in [-0.05, 0) is 43.2 Å². The van der Waals surface area contributed by atoms with E-state index in [1.807, 2.05) is 68.5 Å². The molecule has 1 N–H and O–H groups in total. The molecule has 27 heavy (non-hydrogen) atoms. The molecule has 3 rings (SSSR count). The largest absolute Gasteiger partial charge is 0.437 e. The van der Waals surface area contributed by atoms with Gasteiger partial charge in [0.15, 0.2) is 0 Å². The number of rotatable bonds is 6. The topological polar surface area (TPSA) is 64.1 Å². The SMILES string of the molecule is Cc1cccc(/C=C/C(=O)N[C@@H](C)c2cccc(Oc3cnccn3)c2)c1. The number of ether oxygens (including phenoxy) is 1. The van der Waals surface area contributed by atoms with Crippen LogP contribution < -0.4 is 10.1 Å². The Balaban J connectivity index is 1.62. The molecule has 1 aromatic heterocycles. The summed E-state index contributed by atoms with van der Waals surface area (Å²) in [5.41, 5.74) is 3.09. The summed E-state index contributed by atoms with van der Waals surface area (Å²) in [6.07, 6.45) is 8.07. The van der Waals surface area contributed by atoms with Crippen LogP contribution in [0.3, 0.4) is 0 Å². The minimum Gasteiger partial charge on any atom is -0.437 e. The third-order valence-corrected chi connectivity index (χ3v) is 3.95. The number of carbonyl (C=O) groups is 1. The highest BCUT2D eigenvalue weighted by molar-refractivity contribution is 5.92. The second-order valence-electron chi connectivity index (χ2n) is 6.20. The number of benzene rings is 2. The van der Waals surface area contributed by atoms with Gasteiger partial charge in [-0.3, -0.25) is 9.78 Å². The van der Waals surface area contributed by atoms with E-state index in [1.165, 1.54) is 0 Å². The Labute approximate surface area is 158 Å². The van der Waals surface area contributed by atoms with Crippen molar-refractivity contribution in [1.29, 1.82) is 0 Å². The van der Waals surface area contributed by atoms with E-state index in [9.17, 15) is 4.79 Å². The lowest BCUT2D eigenvalue weighted by Crippen LogP contribution is -2.24. The van der Waals surface area contributed by atoms with Gasteiger partial charge in [-0.15, -0.1) is 0 Å². The molecule has 0 radical (unpaired) electrons. The predicted octanol–water partition coefficient (Wildman–Crippen LogP) is 4.47. The Kier molecular flexibility index (Phi) is 5.94. The van der Waals surface area contributed by atoms with Gasteiger partial charge in [-0.25, -0.2) is 4.98 Å². The molecule has 0 bridgehead atoms. The highest BCUT2D eigenvalue weighted by atomic mass is 16.5. The Hall–Kier alpha value is -3.47. The van der Waals surface area contributed by atoms with Gasteiger partial charge in [0.2, 0.25) is 11.8 Å². The first-order valence-corrected chi connectivity index (χ1v) is 8.69. The van der Waals surface area contributed by atoms with E-state index >= 15 is 0 Å². The van der Waals surface area contributed by atoms with Crippen LogP contribution in [0.4, 0.5) is 0 Å². The Bertz CT molecular complexity index is 939. The predicted molar refractivity (Wildman–Crippen MR) is 105 cm³/mol. The van der Waals surface area contributed by atoms with Crippen LogP contribution in [0.25, 0.3) is 6.08 Å². The maximum Gasteiger partial charge on any atom is 0.244 e. The molecule has 0 aliphatic rings. The Morgan fingerprint density at radius 2 is 2.00 bits per heavy atom. The molecule has 0 saturated carbocycles. The Morgan fingerprint density at radius 1 is 1.15 bits per heavy atom. The van der Waals surface area contributed by atoms with E-state index in [1.54, 1.807) is 24.7 Å². The fraction of sp³-hybridized carbons (Fsp3) is 0.136. The lowest BCUT2D eigenvalue weighted by atomic mass is 10.1. The molecule has 3 aromatic rings. The van der Waals surface area contributed by atoms with Crippen molar-refractivity contribution in [2.45, 2.75) is 19.9 Å². The van der Waals surface area contributed by atoms with Gasteiger partial charge in [-0.2, -0.15) is 0 Å². The second-order valence-corrected chi connectivity index (χ2v) is 6.20. The van der Waals surface area contributed by atoms with E-state index in [-0.39, 0.29) is 11.9 Å². The summed E-state index contributed by atoms with van der Waals surface area (Å²) in [6, 6.07) is 15.4. The van der Waals surface area contributed by atoms with Gasteiger partial charge in [0.05, 0.1) is 12.2 Å². The molecule has 2 aromatic carbocycles. The zero-order valence-electron chi connectivity index (χ0n) is 15.3. The van der Waals surface area contributed by atoms with Crippen molar-refractivity contribution in [1.82, 2.24) is 15.3 Å². The molecule has 136 valence electrons. The van der Waals surface area contributed by atoms with Crippen molar-refractivity contribution in [3.63, 3.8) is 0 Å². The van der Waals surface area contributed by atoms with Crippen LogP contribution in [-0.2, 0) is 4.79 Å². The number of nitrogens with one attached hydrogen (secondary N) is 1. The van der Waals surface area contributed by atoms with Crippen LogP contribution in [0, 0.1) is 6.92 Å². The summed E-state index contributed by atoms with van der Waals surface area (Å²) in [5.74, 6) is 0.918. The van der Waals surface area contributed by atoms with Crippen molar-refractivity contribution in [2.75, 3.05) is 0 Å². The summed E-state index contributed by atoms with van der Waals surface area (Å²) in [5, 5.41) is 2.96. The van der Waals surface area contributed by atoms with E-state index in [0.717, 1.165) is 16.7 Å². The minimum atomic E-state index is -0.162. The lowest BCUT2D eigenvalue weighted by molar-refractivity contribution is -0.117. The third kappa shape index (κ3) is 5.51. The molecular weight excluding hydrogens is 338 g/mol. The van der Waals surface area contributed by atoms with Crippen molar-refractivity contribution >= 4 is 12.0 Å². The van der Waals surface area contributed by atoms with Crippen LogP contribution in [0.2, 0.25) is 0 Å². The zero-order valence-corrected chi connectivity index (χ0v) is 15.3. The first kappa shape index (κ1) is 18.3. The van der Waals surface area contributed by atoms with Crippen molar-refractivity contribution in [3.05, 3.63) is 89.9 Å². The minimum absolute atomic E-state index is 0.149. The molecule has 0 spiro atoms. The molecule has 5 heteroatoms. The maximum absolute atomic E-state index is 12.2. The fourth-order valence-corrected chi connectivity index (χ4v) is 2.60. The molecule has 5 nitrogen and oxygen atoms in total. The van der Waals surface area contributed by atoms with Gasteiger partial charge >= 0.3 is 0 Å². The first-order chi connectivity index (χ1) is 13.1. The number of hydrogen-bond acceptors (Lipinski definition) is 4. The average molecular weight is 359 g/mol. The lowest BCUT2D eigenvalue weighted by Gasteiger charge is -2.14. The van der Waals surface area contributed by atoms with Gasteiger partial charge in [0, 0.05) is 18.5 Å². The quantitative estimate of drug-likeness (QED) is 0.660. The van der Waals surface area contributed by atoms with Gasteiger partial charge in [0.25, 0.3) is 0 Å². The number of hydrogen-bond donors (Lipinski definition) is 1. The summed E-state index contributed by atoms with van der Waals surface area (Å²) in [6.45, 7) is 3.95. The van der Waals surface area contributed by atoms with Crippen molar-refractivity contribution < 1.29 is 9.53 Å². The van der Waals surface area contributed by atoms with Crippen LogP contribution >= 0.6 is 0 Å². The average Bonchev–Trinajstić information content (AvgIpc) is 2.67. The highest BCUT2D eigenvalue weighted by Crippen LogP contribution is 2.22. The molecule has 0 fully saturated rings. The standard InChI is InChI=1S/C22H21N3O2/c1-16-5-3-6-18(13-16)9-10-21(26)25-17(2)19-7-4-8-20(14-19)27-22-15-23-11-12-24-22/h3-15,17H,1-2H3,(H,25,26)/b10-9+/t17-/m0/s1. The van der Waals surface area contributed by atoms with E-state index in [2.05, 4.69) is 15.3 Å². The second kappa shape index (κ2) is 8.76. The maximum atomic E-state index is 12.2. The Morgan fingerprint density at radius 3 is 2.78 bits per heavy atom. The van der Waals surface area contributed by atoms with Crippen LogP contribution in [0.15, 0.2) is 73.2 Å². The van der Waals surface area contributed by atoms with Crippen LogP contribution in [-0.4, -0.2) is 15.9 Å². The van der Waals surface area contributed by atoms with E-state index in [4.69, 9.17) is 4.74 Å². The number of carbonyl (C=O) groups excluding carboxylic acids is 1. The number of aromatic nitrogens is 2. The molecule has 1 atom stereocenters. The molecule has 0 saturated heterocycles. The van der Waals surface area contributed by atoms with Gasteiger partial charge in [-0.1, -0.05) is 42.0 Å². The first-order valence-electron chi connectivity index (χ1n) is 8.69. The van der Waals surface area contributed by atoms with Crippen LogP contribution in [0.5, 0.6) is 11.6 Å². The molecular formula is C22H21N3O2. The zero-order chi connectivity index (χ0) is 19.1. The molecule has 1 heterocycles. The van der Waals surface area contributed by atoms with E-state index in [0.29, 0.717) is 11.6 Å². The van der Waals surface area contributed by atoms with Crippen molar-refractivity contribution in [3.8, 4) is 11.6 Å². The van der Waals surface area contributed by atoms with E-state index < -0.39 is 0 Å². The fourth-order valence-electron chi connectivity index (χ4n) is 2.60. The summed E-state index contributed by atoms with van der Waals surface area (Å²) in [7, 11) is 0. The number of amides is 1. The molecule has 0 aliphatic carbocycles. The summed E-state index contributed by atoms with van der Waals surface area (Å²) >= 11 is 0. The summed E-state index contributed by atoms with van der Waals surface area (Å²) < 4.78 is 5.69. The molecule has 0 aliphatic heterocycles. The van der Waals surface area contributed by atoms with Gasteiger partial charge < -0.3 is 10.1 Å². The summed E-state index contributed by atoms with van der Waals surface area (Å²) in [4.78, 5) is 20.3. The third-order valence-electron chi connectivity index (χ3n) is 3.95. The van der Waals surface area contributed by atoms with Crippen LogP contribution in [0.1, 0.15) is 29.7 Å². The molecule has 1 amide bonds. The monoisotopic (exact) mass is 359 g/mol. The number of nitrogens with zero attached hydrogens (tertiary/aromatic N) is 2. The number of aryl methyl sites for hydroxylation is 1. The van der Waals surface area contributed by atoms with Gasteiger partial charge in [0.1, 0.15) is 5.75 Å². The highest BCUT2D eigenvalue weighted by Gasteiger charge is 2.09. The van der Waals surface area contributed by atoms with Crippen molar-refractivity contribution in [2.24, 2.45) is 0 Å².